The topological polar surface area (TPSA) is 71.1 Å². The molecule has 6 heteroatoms. The largest absolute Gasteiger partial charge is 0.349 e. The molecule has 0 unspecified atom stereocenters. The minimum atomic E-state index is -0.402. The Morgan fingerprint density at radius 3 is 2.42 bits per heavy atom. The van der Waals surface area contributed by atoms with Crippen molar-refractivity contribution in [3.63, 3.8) is 0 Å². The fourth-order valence-electron chi connectivity index (χ4n) is 2.39. The van der Waals surface area contributed by atoms with E-state index in [2.05, 4.69) is 15.6 Å². The third-order valence-corrected chi connectivity index (χ3v) is 3.85. The van der Waals surface area contributed by atoms with Crippen LogP contribution in [0.5, 0.6) is 0 Å². The van der Waals surface area contributed by atoms with Gasteiger partial charge in [-0.05, 0) is 36.2 Å². The van der Waals surface area contributed by atoms with Gasteiger partial charge in [0.15, 0.2) is 0 Å². The second kappa shape index (κ2) is 8.45. The van der Waals surface area contributed by atoms with Gasteiger partial charge < -0.3 is 10.6 Å². The second-order valence-electron chi connectivity index (χ2n) is 5.58. The predicted molar refractivity (Wildman–Crippen MR) is 93.4 cm³/mol. The Bertz CT molecular complexity index is 689. The molecule has 0 fully saturated rings. The van der Waals surface area contributed by atoms with Crippen LogP contribution >= 0.6 is 11.6 Å². The maximum Gasteiger partial charge on any atom is 0.222 e. The standard InChI is InChI=1S/C18H20ClN3O2/c1-12(15-4-3-9-20-11-15)21-18(24)10-17(22-13(2)23)14-5-7-16(19)8-6-14/h3-9,11-12,17H,10H2,1-2H3,(H,21,24)(H,22,23)/t12-,17-/m1/s1. The molecule has 1 heterocycles. The summed E-state index contributed by atoms with van der Waals surface area (Å²) in [5, 5.41) is 6.34. The van der Waals surface area contributed by atoms with E-state index >= 15 is 0 Å². The van der Waals surface area contributed by atoms with Gasteiger partial charge in [0, 0.05) is 24.3 Å². The zero-order valence-corrected chi connectivity index (χ0v) is 14.4. The molecular weight excluding hydrogens is 326 g/mol. The molecular formula is C18H20ClN3O2. The summed E-state index contributed by atoms with van der Waals surface area (Å²) in [6, 6.07) is 10.3. The van der Waals surface area contributed by atoms with Crippen molar-refractivity contribution in [3.05, 3.63) is 64.9 Å². The summed E-state index contributed by atoms with van der Waals surface area (Å²) >= 11 is 5.89. The van der Waals surface area contributed by atoms with E-state index in [1.165, 1.54) is 6.92 Å². The number of hydrogen-bond acceptors (Lipinski definition) is 3. The van der Waals surface area contributed by atoms with Gasteiger partial charge in [0.05, 0.1) is 18.5 Å². The molecule has 2 aromatic rings. The zero-order valence-electron chi connectivity index (χ0n) is 13.6. The quantitative estimate of drug-likeness (QED) is 0.844. The average molecular weight is 346 g/mol. The molecule has 0 aliphatic rings. The molecule has 0 saturated carbocycles. The van der Waals surface area contributed by atoms with E-state index in [1.807, 2.05) is 19.1 Å². The zero-order chi connectivity index (χ0) is 17.5. The van der Waals surface area contributed by atoms with Crippen molar-refractivity contribution in [2.24, 2.45) is 0 Å². The first-order valence-electron chi connectivity index (χ1n) is 7.67. The Labute approximate surface area is 146 Å². The van der Waals surface area contributed by atoms with Crippen molar-refractivity contribution in [2.45, 2.75) is 32.4 Å². The highest BCUT2D eigenvalue weighted by molar-refractivity contribution is 6.30. The second-order valence-corrected chi connectivity index (χ2v) is 6.02. The van der Waals surface area contributed by atoms with Crippen LogP contribution in [0.3, 0.4) is 0 Å². The van der Waals surface area contributed by atoms with Crippen LogP contribution in [0.25, 0.3) is 0 Å². The molecule has 0 spiro atoms. The van der Waals surface area contributed by atoms with E-state index in [0.717, 1.165) is 11.1 Å². The van der Waals surface area contributed by atoms with Crippen LogP contribution in [-0.2, 0) is 9.59 Å². The molecule has 0 aliphatic heterocycles. The van der Waals surface area contributed by atoms with Crippen molar-refractivity contribution in [2.75, 3.05) is 0 Å². The lowest BCUT2D eigenvalue weighted by atomic mass is 10.0. The van der Waals surface area contributed by atoms with Crippen LogP contribution in [-0.4, -0.2) is 16.8 Å². The summed E-state index contributed by atoms with van der Waals surface area (Å²) in [4.78, 5) is 27.8. The molecule has 0 aliphatic carbocycles. The van der Waals surface area contributed by atoms with E-state index < -0.39 is 6.04 Å². The maximum atomic E-state index is 12.4. The van der Waals surface area contributed by atoms with Crippen molar-refractivity contribution in [1.82, 2.24) is 15.6 Å². The SMILES string of the molecule is CC(=O)N[C@H](CC(=O)N[C@H](C)c1cccnc1)c1ccc(Cl)cc1. The van der Waals surface area contributed by atoms with Crippen LogP contribution in [0.2, 0.25) is 5.02 Å². The van der Waals surface area contributed by atoms with E-state index in [9.17, 15) is 9.59 Å². The fraction of sp³-hybridized carbons (Fsp3) is 0.278. The van der Waals surface area contributed by atoms with Gasteiger partial charge in [-0.3, -0.25) is 14.6 Å². The van der Waals surface area contributed by atoms with E-state index in [1.54, 1.807) is 36.7 Å². The predicted octanol–water partition coefficient (Wildman–Crippen LogP) is 3.18. The molecule has 24 heavy (non-hydrogen) atoms. The Morgan fingerprint density at radius 2 is 1.83 bits per heavy atom. The van der Waals surface area contributed by atoms with Gasteiger partial charge in [-0.15, -0.1) is 0 Å². The van der Waals surface area contributed by atoms with Gasteiger partial charge in [-0.1, -0.05) is 29.8 Å². The summed E-state index contributed by atoms with van der Waals surface area (Å²) in [5.41, 5.74) is 1.76. The first kappa shape index (κ1) is 17.9. The molecule has 2 atom stereocenters. The molecule has 5 nitrogen and oxygen atoms in total. The highest BCUT2D eigenvalue weighted by atomic mass is 35.5. The van der Waals surface area contributed by atoms with Crippen molar-refractivity contribution in [3.8, 4) is 0 Å². The molecule has 2 N–H and O–H groups in total. The summed E-state index contributed by atoms with van der Waals surface area (Å²) < 4.78 is 0. The number of carbonyl (C=O) groups is 2. The summed E-state index contributed by atoms with van der Waals surface area (Å²) in [5.74, 6) is -0.344. The van der Waals surface area contributed by atoms with Gasteiger partial charge in [-0.2, -0.15) is 0 Å². The number of carbonyl (C=O) groups excluding carboxylic acids is 2. The van der Waals surface area contributed by atoms with E-state index in [4.69, 9.17) is 11.6 Å². The molecule has 0 saturated heterocycles. The Balaban J connectivity index is 2.04. The molecule has 0 bridgehead atoms. The molecule has 2 rings (SSSR count). The number of nitrogens with zero attached hydrogens (tertiary/aromatic N) is 1. The van der Waals surface area contributed by atoms with Crippen LogP contribution in [0.4, 0.5) is 0 Å². The summed E-state index contributed by atoms with van der Waals surface area (Å²) in [7, 11) is 0. The third-order valence-electron chi connectivity index (χ3n) is 3.60. The number of rotatable bonds is 6. The van der Waals surface area contributed by atoms with Crippen LogP contribution in [0, 0.1) is 0 Å². The Morgan fingerprint density at radius 1 is 1.12 bits per heavy atom. The van der Waals surface area contributed by atoms with Crippen LogP contribution in [0.1, 0.15) is 43.5 Å². The summed E-state index contributed by atoms with van der Waals surface area (Å²) in [6.45, 7) is 3.32. The first-order chi connectivity index (χ1) is 11.5. The number of benzene rings is 1. The molecule has 2 amide bonds. The van der Waals surface area contributed by atoms with Gasteiger partial charge in [-0.25, -0.2) is 0 Å². The summed E-state index contributed by atoms with van der Waals surface area (Å²) in [6.07, 6.45) is 3.55. The van der Waals surface area contributed by atoms with Crippen molar-refractivity contribution < 1.29 is 9.59 Å². The highest BCUT2D eigenvalue weighted by Gasteiger charge is 2.18. The van der Waals surface area contributed by atoms with Gasteiger partial charge in [0.25, 0.3) is 0 Å². The molecule has 0 radical (unpaired) electrons. The monoisotopic (exact) mass is 345 g/mol. The van der Waals surface area contributed by atoms with Crippen LogP contribution in [0.15, 0.2) is 48.8 Å². The van der Waals surface area contributed by atoms with Gasteiger partial charge in [0.1, 0.15) is 0 Å². The van der Waals surface area contributed by atoms with Crippen LogP contribution < -0.4 is 10.6 Å². The minimum absolute atomic E-state index is 0.145. The lowest BCUT2D eigenvalue weighted by Gasteiger charge is -2.20. The van der Waals surface area contributed by atoms with Crippen molar-refractivity contribution >= 4 is 23.4 Å². The number of amides is 2. The fourth-order valence-corrected chi connectivity index (χ4v) is 2.52. The average Bonchev–Trinajstić information content (AvgIpc) is 2.55. The number of pyridine rings is 1. The number of nitrogens with one attached hydrogen (secondary N) is 2. The van der Waals surface area contributed by atoms with Gasteiger partial charge in [0.2, 0.25) is 11.8 Å². The minimum Gasteiger partial charge on any atom is -0.349 e. The van der Waals surface area contributed by atoms with E-state index in [-0.39, 0.29) is 24.3 Å². The lowest BCUT2D eigenvalue weighted by Crippen LogP contribution is -2.33. The number of halogens is 1. The number of hydrogen-bond donors (Lipinski definition) is 2. The highest BCUT2D eigenvalue weighted by Crippen LogP contribution is 2.20. The molecule has 126 valence electrons. The maximum absolute atomic E-state index is 12.4. The van der Waals surface area contributed by atoms with E-state index in [0.29, 0.717) is 5.02 Å². The third kappa shape index (κ3) is 5.35. The smallest absolute Gasteiger partial charge is 0.222 e. The van der Waals surface area contributed by atoms with Crippen molar-refractivity contribution in [1.29, 1.82) is 0 Å². The lowest BCUT2D eigenvalue weighted by molar-refractivity contribution is -0.123. The first-order valence-corrected chi connectivity index (χ1v) is 8.05. The molecule has 1 aromatic heterocycles. The van der Waals surface area contributed by atoms with Gasteiger partial charge >= 0.3 is 0 Å². The number of aromatic nitrogens is 1. The normalized spacial score (nSPS) is 13.0. The Hall–Kier alpha value is -2.40. The molecule has 1 aromatic carbocycles. The Kier molecular flexibility index (Phi) is 6.32.